The lowest BCUT2D eigenvalue weighted by molar-refractivity contribution is -0.383. The lowest BCUT2D eigenvalue weighted by atomic mass is 10.1. The Morgan fingerprint density at radius 3 is 2.77 bits per heavy atom. The summed E-state index contributed by atoms with van der Waals surface area (Å²) in [6, 6.07) is 12.6. The molecule has 0 saturated carbocycles. The van der Waals surface area contributed by atoms with Crippen LogP contribution in [0.15, 0.2) is 42.5 Å². The first-order valence-electron chi connectivity index (χ1n) is 9.26. The minimum atomic E-state index is -0.628. The summed E-state index contributed by atoms with van der Waals surface area (Å²) in [5.41, 5.74) is 6.54. The number of rotatable bonds is 7. The summed E-state index contributed by atoms with van der Waals surface area (Å²) in [6.07, 6.45) is -0.175. The van der Waals surface area contributed by atoms with E-state index >= 15 is 0 Å². The largest absolute Gasteiger partial charge is 0.496 e. The zero-order valence-corrected chi connectivity index (χ0v) is 16.7. The zero-order chi connectivity index (χ0) is 20.8. The van der Waals surface area contributed by atoms with Crippen LogP contribution >= 0.6 is 0 Å². The number of carbonyl (C=O) groups excluding carboxylic acids is 1. The maximum Gasteiger partial charge on any atom is 0.293 e. The van der Waals surface area contributed by atoms with Gasteiger partial charge in [-0.15, -0.1) is 0 Å². The summed E-state index contributed by atoms with van der Waals surface area (Å²) >= 11 is 0. The van der Waals surface area contributed by atoms with Gasteiger partial charge in [-0.2, -0.15) is 0 Å². The van der Waals surface area contributed by atoms with Crippen molar-refractivity contribution < 1.29 is 24.7 Å². The Kier molecular flexibility index (Phi) is 8.10. The number of nitrogen functional groups attached to an aromatic ring is 1. The molecule has 1 aliphatic rings. The van der Waals surface area contributed by atoms with Crippen LogP contribution in [0.3, 0.4) is 0 Å². The highest BCUT2D eigenvalue weighted by Crippen LogP contribution is 2.30. The molecule has 3 rings (SSSR count). The van der Waals surface area contributed by atoms with Crippen molar-refractivity contribution in [1.82, 2.24) is 10.2 Å². The number of hydrogen-bond donors (Lipinski definition) is 2. The average Bonchev–Trinajstić information content (AvgIpc) is 2.72. The smallest absolute Gasteiger partial charge is 0.293 e. The molecule has 1 heterocycles. The highest BCUT2D eigenvalue weighted by atomic mass is 16.6. The van der Waals surface area contributed by atoms with Crippen molar-refractivity contribution in [1.29, 1.82) is 0 Å². The molecule has 1 aliphatic heterocycles. The number of nitrogens with zero attached hydrogens (tertiary/aromatic N) is 2. The standard InChI is InChI=1S/C20H24N4O5.H2O/c1-28-19-10-17(21)18(24(26)27)9-16(19)20(25)22-11-15-13-23(7-8-29-15)12-14-5-3-2-4-6-14;/h2-6,9-10,15H,7-8,11-13,21H2,1H3,(H,22,25);1H2. The number of ether oxygens (including phenoxy) is 2. The van der Waals surface area contributed by atoms with Crippen LogP contribution in [0, 0.1) is 10.1 Å². The average molecular weight is 418 g/mol. The number of carbonyl (C=O) groups is 1. The van der Waals surface area contributed by atoms with E-state index < -0.39 is 10.8 Å². The molecular weight excluding hydrogens is 392 g/mol. The van der Waals surface area contributed by atoms with Gasteiger partial charge in [0, 0.05) is 38.3 Å². The van der Waals surface area contributed by atoms with Crippen LogP contribution in [0.2, 0.25) is 0 Å². The van der Waals surface area contributed by atoms with Crippen molar-refractivity contribution in [2.24, 2.45) is 0 Å². The number of nitrogens with two attached hydrogens (primary N) is 1. The highest BCUT2D eigenvalue weighted by Gasteiger charge is 2.24. The van der Waals surface area contributed by atoms with Crippen molar-refractivity contribution in [3.8, 4) is 5.75 Å². The van der Waals surface area contributed by atoms with Crippen LogP contribution < -0.4 is 15.8 Å². The molecule has 0 radical (unpaired) electrons. The third kappa shape index (κ3) is 5.66. The Balaban J connectivity index is 0.00000320. The van der Waals surface area contributed by atoms with Crippen LogP contribution in [-0.2, 0) is 11.3 Å². The van der Waals surface area contributed by atoms with E-state index in [1.165, 1.54) is 18.7 Å². The van der Waals surface area contributed by atoms with E-state index in [4.69, 9.17) is 15.2 Å². The summed E-state index contributed by atoms with van der Waals surface area (Å²) in [5, 5.41) is 13.9. The molecule has 30 heavy (non-hydrogen) atoms. The van der Waals surface area contributed by atoms with E-state index in [1.807, 2.05) is 18.2 Å². The lowest BCUT2D eigenvalue weighted by Crippen LogP contribution is -2.47. The fraction of sp³-hybridized carbons (Fsp3) is 0.350. The van der Waals surface area contributed by atoms with Gasteiger partial charge in [0.2, 0.25) is 0 Å². The van der Waals surface area contributed by atoms with E-state index in [1.54, 1.807) is 0 Å². The number of amides is 1. The number of nitro groups is 1. The Hall–Kier alpha value is -3.21. The molecule has 1 amide bonds. The zero-order valence-electron chi connectivity index (χ0n) is 16.7. The van der Waals surface area contributed by atoms with Crippen LogP contribution in [0.25, 0.3) is 0 Å². The number of morpholine rings is 1. The van der Waals surface area contributed by atoms with Gasteiger partial charge < -0.3 is 26.0 Å². The number of nitrogens with one attached hydrogen (secondary N) is 1. The van der Waals surface area contributed by atoms with Gasteiger partial charge in [0.15, 0.2) is 0 Å². The maximum atomic E-state index is 12.6. The maximum absolute atomic E-state index is 12.6. The molecule has 10 heteroatoms. The normalized spacial score (nSPS) is 16.4. The predicted molar refractivity (Wildman–Crippen MR) is 111 cm³/mol. The Bertz CT molecular complexity index is 877. The first kappa shape index (κ1) is 23.1. The van der Waals surface area contributed by atoms with Gasteiger partial charge in [-0.05, 0) is 5.56 Å². The molecule has 1 atom stereocenters. The first-order valence-corrected chi connectivity index (χ1v) is 9.26. The molecule has 2 aromatic rings. The molecule has 1 unspecified atom stereocenters. The molecule has 0 aromatic heterocycles. The van der Waals surface area contributed by atoms with Crippen LogP contribution in [0.1, 0.15) is 15.9 Å². The molecule has 2 aromatic carbocycles. The van der Waals surface area contributed by atoms with Gasteiger partial charge in [0.1, 0.15) is 11.4 Å². The van der Waals surface area contributed by atoms with Crippen molar-refractivity contribution >= 4 is 17.3 Å². The van der Waals surface area contributed by atoms with Crippen LogP contribution in [-0.4, -0.2) is 60.7 Å². The summed E-state index contributed by atoms with van der Waals surface area (Å²) in [7, 11) is 1.38. The highest BCUT2D eigenvalue weighted by molar-refractivity contribution is 5.98. The summed E-state index contributed by atoms with van der Waals surface area (Å²) < 4.78 is 10.9. The number of methoxy groups -OCH3 is 1. The van der Waals surface area contributed by atoms with Crippen molar-refractivity contribution in [3.05, 3.63) is 63.7 Å². The number of benzene rings is 2. The predicted octanol–water partition coefficient (Wildman–Crippen LogP) is 0.992. The third-order valence-corrected chi connectivity index (χ3v) is 4.75. The summed E-state index contributed by atoms with van der Waals surface area (Å²) in [4.78, 5) is 25.4. The monoisotopic (exact) mass is 418 g/mol. The molecular formula is C20H26N4O6. The summed E-state index contributed by atoms with van der Waals surface area (Å²) in [5.74, 6) is -0.297. The second kappa shape index (κ2) is 10.5. The molecule has 1 fully saturated rings. The SMILES string of the molecule is COc1cc(N)c([N+](=O)[O-])cc1C(=O)NCC1CN(Cc2ccccc2)CCO1.O. The van der Waals surface area contributed by atoms with Crippen molar-refractivity contribution in [3.63, 3.8) is 0 Å². The van der Waals surface area contributed by atoms with Crippen LogP contribution in [0.4, 0.5) is 11.4 Å². The van der Waals surface area contributed by atoms with Crippen molar-refractivity contribution in [2.75, 3.05) is 39.1 Å². The van der Waals surface area contributed by atoms with E-state index in [0.717, 1.165) is 19.2 Å². The summed E-state index contributed by atoms with van der Waals surface area (Å²) in [6.45, 7) is 3.16. The van der Waals surface area contributed by atoms with Crippen molar-refractivity contribution in [2.45, 2.75) is 12.6 Å². The minimum absolute atomic E-state index is 0. The number of nitro benzene ring substituents is 1. The molecule has 0 aliphatic carbocycles. The fourth-order valence-electron chi connectivity index (χ4n) is 3.28. The van der Waals surface area contributed by atoms with Gasteiger partial charge >= 0.3 is 0 Å². The number of anilines is 1. The van der Waals surface area contributed by atoms with Gasteiger partial charge in [-0.1, -0.05) is 30.3 Å². The molecule has 0 bridgehead atoms. The second-order valence-corrected chi connectivity index (χ2v) is 6.79. The molecule has 5 N–H and O–H groups in total. The van der Waals surface area contributed by atoms with E-state index in [-0.39, 0.29) is 40.8 Å². The molecule has 10 nitrogen and oxygen atoms in total. The Labute approximate surface area is 174 Å². The number of hydrogen-bond acceptors (Lipinski definition) is 7. The van der Waals surface area contributed by atoms with E-state index in [0.29, 0.717) is 13.2 Å². The van der Waals surface area contributed by atoms with Gasteiger partial charge in [0.25, 0.3) is 11.6 Å². The van der Waals surface area contributed by atoms with Gasteiger partial charge in [-0.3, -0.25) is 19.8 Å². The van der Waals surface area contributed by atoms with Gasteiger partial charge in [-0.25, -0.2) is 0 Å². The van der Waals surface area contributed by atoms with E-state index in [2.05, 4.69) is 22.3 Å². The quantitative estimate of drug-likeness (QED) is 0.386. The topological polar surface area (TPSA) is 151 Å². The second-order valence-electron chi connectivity index (χ2n) is 6.79. The molecule has 0 spiro atoms. The molecule has 162 valence electrons. The minimum Gasteiger partial charge on any atom is -0.496 e. The Morgan fingerprint density at radius 1 is 1.37 bits per heavy atom. The Morgan fingerprint density at radius 2 is 2.10 bits per heavy atom. The molecule has 1 saturated heterocycles. The first-order chi connectivity index (χ1) is 14.0. The third-order valence-electron chi connectivity index (χ3n) is 4.75. The lowest BCUT2D eigenvalue weighted by Gasteiger charge is -2.33. The fourth-order valence-corrected chi connectivity index (χ4v) is 3.28. The van der Waals surface area contributed by atoms with Gasteiger partial charge in [0.05, 0.1) is 30.3 Å². The van der Waals surface area contributed by atoms with E-state index in [9.17, 15) is 14.9 Å². The van der Waals surface area contributed by atoms with Crippen LogP contribution in [0.5, 0.6) is 5.75 Å².